The topological polar surface area (TPSA) is 103 Å². The van der Waals surface area contributed by atoms with Crippen molar-refractivity contribution in [1.82, 2.24) is 15.0 Å². The van der Waals surface area contributed by atoms with Gasteiger partial charge >= 0.3 is 0 Å². The second-order valence-electron chi connectivity index (χ2n) is 6.77. The molecular formula is C20H21N5O2. The molecule has 1 fully saturated rings. The van der Waals surface area contributed by atoms with E-state index in [9.17, 15) is 4.79 Å². The zero-order chi connectivity index (χ0) is 18.7. The molecule has 1 amide bonds. The molecule has 1 aromatic carbocycles. The number of anilines is 1. The number of benzene rings is 1. The average molecular weight is 363 g/mol. The SMILES string of the molecule is NC(=O)C1(CNc2nc(-c3cccnc3)nc3ccccc23)CCOCC1. The van der Waals surface area contributed by atoms with Gasteiger partial charge in [0.25, 0.3) is 0 Å². The Morgan fingerprint density at radius 1 is 1.15 bits per heavy atom. The van der Waals surface area contributed by atoms with E-state index in [2.05, 4.69) is 15.3 Å². The molecule has 7 heteroatoms. The van der Waals surface area contributed by atoms with Crippen molar-refractivity contribution in [3.63, 3.8) is 0 Å². The van der Waals surface area contributed by atoms with Crippen molar-refractivity contribution >= 4 is 22.6 Å². The van der Waals surface area contributed by atoms with Crippen LogP contribution in [0, 0.1) is 5.41 Å². The Balaban J connectivity index is 1.71. The van der Waals surface area contributed by atoms with E-state index in [1.165, 1.54) is 0 Å². The van der Waals surface area contributed by atoms with Gasteiger partial charge < -0.3 is 15.8 Å². The molecule has 0 bridgehead atoms. The first-order valence-corrected chi connectivity index (χ1v) is 8.97. The van der Waals surface area contributed by atoms with E-state index in [0.29, 0.717) is 44.2 Å². The number of nitrogens with zero attached hydrogens (tertiary/aromatic N) is 3. The van der Waals surface area contributed by atoms with Crippen LogP contribution in [0.5, 0.6) is 0 Å². The fourth-order valence-electron chi connectivity index (χ4n) is 3.36. The minimum atomic E-state index is -0.626. The number of nitrogens with one attached hydrogen (secondary N) is 1. The largest absolute Gasteiger partial charge is 0.381 e. The Hall–Kier alpha value is -3.06. The predicted octanol–water partition coefficient (Wildman–Crippen LogP) is 2.39. The van der Waals surface area contributed by atoms with Crippen molar-refractivity contribution in [3.05, 3.63) is 48.8 Å². The lowest BCUT2D eigenvalue weighted by Gasteiger charge is -2.34. The maximum Gasteiger partial charge on any atom is 0.225 e. The number of primary amides is 1. The molecule has 0 spiro atoms. The van der Waals surface area contributed by atoms with Crippen molar-refractivity contribution in [3.8, 4) is 11.4 Å². The maximum atomic E-state index is 12.1. The second kappa shape index (κ2) is 7.28. The average Bonchev–Trinajstić information content (AvgIpc) is 2.73. The molecule has 3 N–H and O–H groups in total. The van der Waals surface area contributed by atoms with Gasteiger partial charge in [0.15, 0.2) is 5.82 Å². The highest BCUT2D eigenvalue weighted by molar-refractivity contribution is 5.91. The van der Waals surface area contributed by atoms with Gasteiger partial charge in [-0.1, -0.05) is 12.1 Å². The number of para-hydroxylation sites is 1. The predicted molar refractivity (Wildman–Crippen MR) is 103 cm³/mol. The number of aromatic nitrogens is 3. The van der Waals surface area contributed by atoms with Crippen LogP contribution in [0.1, 0.15) is 12.8 Å². The number of carbonyl (C=O) groups is 1. The summed E-state index contributed by atoms with van der Waals surface area (Å²) in [6.07, 6.45) is 4.66. The third kappa shape index (κ3) is 3.46. The molecule has 1 aliphatic heterocycles. The van der Waals surface area contributed by atoms with Gasteiger partial charge in [-0.25, -0.2) is 9.97 Å². The summed E-state index contributed by atoms with van der Waals surface area (Å²) in [6, 6.07) is 11.6. The Bertz CT molecular complexity index is 955. The summed E-state index contributed by atoms with van der Waals surface area (Å²) in [5.74, 6) is 0.972. The summed E-state index contributed by atoms with van der Waals surface area (Å²) in [7, 11) is 0. The van der Waals surface area contributed by atoms with Crippen LogP contribution in [0.25, 0.3) is 22.3 Å². The standard InChI is InChI=1S/C20H21N5O2/c21-19(26)20(7-10-27-11-8-20)13-23-18-15-5-1-2-6-16(15)24-17(25-18)14-4-3-9-22-12-14/h1-6,9,12H,7-8,10-11,13H2,(H2,21,26)(H,23,24,25). The molecule has 1 saturated heterocycles. The van der Waals surface area contributed by atoms with Crippen molar-refractivity contribution in [1.29, 1.82) is 0 Å². The third-order valence-electron chi connectivity index (χ3n) is 5.09. The van der Waals surface area contributed by atoms with E-state index in [-0.39, 0.29) is 5.91 Å². The molecule has 2 aromatic heterocycles. The van der Waals surface area contributed by atoms with Crippen molar-refractivity contribution in [2.45, 2.75) is 12.8 Å². The number of amides is 1. The smallest absolute Gasteiger partial charge is 0.225 e. The summed E-state index contributed by atoms with van der Waals surface area (Å²) < 4.78 is 5.41. The van der Waals surface area contributed by atoms with E-state index in [1.807, 2.05) is 36.4 Å². The van der Waals surface area contributed by atoms with Gasteiger partial charge in [-0.15, -0.1) is 0 Å². The van der Waals surface area contributed by atoms with Gasteiger partial charge in [-0.2, -0.15) is 0 Å². The number of rotatable bonds is 5. The number of hydrogen-bond acceptors (Lipinski definition) is 6. The molecular weight excluding hydrogens is 342 g/mol. The summed E-state index contributed by atoms with van der Waals surface area (Å²) in [6.45, 7) is 1.49. The lowest BCUT2D eigenvalue weighted by molar-refractivity contribution is -0.132. The van der Waals surface area contributed by atoms with Gasteiger partial charge in [0, 0.05) is 43.1 Å². The van der Waals surface area contributed by atoms with Crippen LogP contribution in [0.2, 0.25) is 0 Å². The molecule has 0 atom stereocenters. The van der Waals surface area contributed by atoms with Crippen molar-refractivity contribution < 1.29 is 9.53 Å². The maximum absolute atomic E-state index is 12.1. The Kier molecular flexibility index (Phi) is 4.68. The summed E-state index contributed by atoms with van der Waals surface area (Å²) in [5, 5.41) is 4.26. The van der Waals surface area contributed by atoms with Gasteiger partial charge in [0.2, 0.25) is 5.91 Å². The van der Waals surface area contributed by atoms with E-state index in [1.54, 1.807) is 12.4 Å². The van der Waals surface area contributed by atoms with Crippen molar-refractivity contribution in [2.75, 3.05) is 25.1 Å². The van der Waals surface area contributed by atoms with Gasteiger partial charge in [-0.05, 0) is 37.1 Å². The number of pyridine rings is 1. The van der Waals surface area contributed by atoms with Crippen LogP contribution in [0.4, 0.5) is 5.82 Å². The van der Waals surface area contributed by atoms with Crippen LogP contribution < -0.4 is 11.1 Å². The van der Waals surface area contributed by atoms with E-state index in [0.717, 1.165) is 16.5 Å². The van der Waals surface area contributed by atoms with Gasteiger partial charge in [0.05, 0.1) is 10.9 Å². The minimum absolute atomic E-state index is 0.302. The summed E-state index contributed by atoms with van der Waals surface area (Å²) >= 11 is 0. The first-order chi connectivity index (χ1) is 13.2. The molecule has 3 aromatic rings. The van der Waals surface area contributed by atoms with Crippen LogP contribution in [-0.2, 0) is 9.53 Å². The first kappa shape index (κ1) is 17.4. The summed E-state index contributed by atoms with van der Waals surface area (Å²) in [5.41, 5.74) is 6.76. The Morgan fingerprint density at radius 2 is 1.96 bits per heavy atom. The molecule has 0 aliphatic carbocycles. The minimum Gasteiger partial charge on any atom is -0.381 e. The van der Waals surface area contributed by atoms with Gasteiger partial charge in [0.1, 0.15) is 5.82 Å². The molecule has 0 unspecified atom stereocenters. The highest BCUT2D eigenvalue weighted by Gasteiger charge is 2.38. The normalized spacial score (nSPS) is 16.1. The second-order valence-corrected chi connectivity index (χ2v) is 6.77. The fraction of sp³-hybridized carbons (Fsp3) is 0.300. The van der Waals surface area contributed by atoms with Crippen LogP contribution >= 0.6 is 0 Å². The summed E-state index contributed by atoms with van der Waals surface area (Å²) in [4.78, 5) is 25.6. The zero-order valence-corrected chi connectivity index (χ0v) is 14.9. The zero-order valence-electron chi connectivity index (χ0n) is 14.9. The molecule has 4 rings (SSSR count). The molecule has 0 radical (unpaired) electrons. The lowest BCUT2D eigenvalue weighted by Crippen LogP contribution is -2.46. The molecule has 3 heterocycles. The molecule has 138 valence electrons. The number of fused-ring (bicyclic) bond motifs is 1. The molecule has 27 heavy (non-hydrogen) atoms. The third-order valence-corrected chi connectivity index (χ3v) is 5.09. The monoisotopic (exact) mass is 363 g/mol. The Morgan fingerprint density at radius 3 is 2.70 bits per heavy atom. The number of hydrogen-bond donors (Lipinski definition) is 2. The number of carbonyl (C=O) groups excluding carboxylic acids is 1. The first-order valence-electron chi connectivity index (χ1n) is 8.97. The fourth-order valence-corrected chi connectivity index (χ4v) is 3.36. The van der Waals surface area contributed by atoms with E-state index < -0.39 is 5.41 Å². The van der Waals surface area contributed by atoms with Crippen LogP contribution in [-0.4, -0.2) is 40.6 Å². The number of ether oxygens (including phenoxy) is 1. The van der Waals surface area contributed by atoms with Gasteiger partial charge in [-0.3, -0.25) is 9.78 Å². The van der Waals surface area contributed by atoms with E-state index >= 15 is 0 Å². The molecule has 0 saturated carbocycles. The lowest BCUT2D eigenvalue weighted by atomic mass is 9.79. The van der Waals surface area contributed by atoms with Crippen LogP contribution in [0.3, 0.4) is 0 Å². The Labute approximate surface area is 157 Å². The highest BCUT2D eigenvalue weighted by Crippen LogP contribution is 2.32. The van der Waals surface area contributed by atoms with Crippen molar-refractivity contribution in [2.24, 2.45) is 11.1 Å². The molecule has 1 aliphatic rings. The van der Waals surface area contributed by atoms with Crippen LogP contribution in [0.15, 0.2) is 48.8 Å². The van der Waals surface area contributed by atoms with E-state index in [4.69, 9.17) is 15.5 Å². The number of nitrogens with two attached hydrogens (primary N) is 1. The highest BCUT2D eigenvalue weighted by atomic mass is 16.5. The molecule has 7 nitrogen and oxygen atoms in total. The quantitative estimate of drug-likeness (QED) is 0.721.